The molecule has 9 heteroatoms. The number of hydrogen-bond donors (Lipinski definition) is 2. The molecule has 0 fully saturated rings. The van der Waals surface area contributed by atoms with Crippen LogP contribution < -0.4 is 4.72 Å². The Morgan fingerprint density at radius 2 is 2.33 bits per heavy atom. The first-order valence-corrected chi connectivity index (χ1v) is 7.54. The Kier molecular flexibility index (Phi) is 3.94. The zero-order valence-electron chi connectivity index (χ0n) is 9.35. The average molecular weight is 288 g/mol. The molecule has 2 N–H and O–H groups in total. The number of aliphatic hydroxyl groups is 1. The van der Waals surface area contributed by atoms with Gasteiger partial charge in [0.25, 0.3) is 10.0 Å². The number of aliphatic hydroxyl groups excluding tert-OH is 1. The van der Waals surface area contributed by atoms with Crippen molar-refractivity contribution in [3.05, 3.63) is 24.0 Å². The number of aromatic nitrogens is 3. The van der Waals surface area contributed by atoms with Gasteiger partial charge in [0, 0.05) is 30.9 Å². The van der Waals surface area contributed by atoms with E-state index in [2.05, 4.69) is 14.8 Å². The van der Waals surface area contributed by atoms with Crippen molar-refractivity contribution < 1.29 is 13.5 Å². The van der Waals surface area contributed by atoms with Crippen LogP contribution in [0.2, 0.25) is 0 Å². The third-order valence-corrected chi connectivity index (χ3v) is 4.23. The number of nitrogens with zero attached hydrogens (tertiary/aromatic N) is 3. The molecule has 2 aromatic rings. The van der Waals surface area contributed by atoms with Crippen LogP contribution in [0.1, 0.15) is 6.42 Å². The van der Waals surface area contributed by atoms with Crippen LogP contribution in [0.4, 0.5) is 5.13 Å². The van der Waals surface area contributed by atoms with Crippen LogP contribution in [-0.2, 0) is 16.6 Å². The zero-order valence-corrected chi connectivity index (χ0v) is 11.0. The van der Waals surface area contributed by atoms with Crippen molar-refractivity contribution in [2.45, 2.75) is 17.9 Å². The van der Waals surface area contributed by atoms with Gasteiger partial charge in [-0.3, -0.25) is 9.40 Å². The predicted molar refractivity (Wildman–Crippen MR) is 66.9 cm³/mol. The molecule has 0 aliphatic carbocycles. The summed E-state index contributed by atoms with van der Waals surface area (Å²) in [4.78, 5) is 3.93. The van der Waals surface area contributed by atoms with Gasteiger partial charge in [0.1, 0.15) is 4.90 Å². The molecule has 0 amide bonds. The number of hydrogen-bond acceptors (Lipinski definition) is 6. The van der Waals surface area contributed by atoms with Gasteiger partial charge in [-0.05, 0) is 6.42 Å². The molecule has 2 aromatic heterocycles. The topological polar surface area (TPSA) is 97.1 Å². The lowest BCUT2D eigenvalue weighted by atomic mass is 10.5. The van der Waals surface area contributed by atoms with E-state index in [0.717, 1.165) is 0 Å². The summed E-state index contributed by atoms with van der Waals surface area (Å²) in [6.45, 7) is 0.516. The van der Waals surface area contributed by atoms with E-state index in [4.69, 9.17) is 5.11 Å². The molecule has 0 unspecified atom stereocenters. The highest BCUT2D eigenvalue weighted by Gasteiger charge is 2.17. The first-order valence-electron chi connectivity index (χ1n) is 5.17. The fourth-order valence-electron chi connectivity index (χ4n) is 1.29. The second-order valence-corrected chi connectivity index (χ2v) is 6.04. The summed E-state index contributed by atoms with van der Waals surface area (Å²) >= 11 is 1.20. The summed E-state index contributed by atoms with van der Waals surface area (Å²) in [5, 5.41) is 14.6. The summed E-state index contributed by atoms with van der Waals surface area (Å²) < 4.78 is 27.7. The Morgan fingerprint density at radius 1 is 1.50 bits per heavy atom. The lowest BCUT2D eigenvalue weighted by Crippen LogP contribution is -2.12. The number of sulfonamides is 1. The number of thiazole rings is 1. The maximum Gasteiger partial charge on any atom is 0.266 e. The second kappa shape index (κ2) is 5.46. The van der Waals surface area contributed by atoms with E-state index in [1.165, 1.54) is 34.6 Å². The van der Waals surface area contributed by atoms with E-state index in [0.29, 0.717) is 18.1 Å². The fraction of sp³-hybridized carbons (Fsp3) is 0.333. The number of aryl methyl sites for hydroxylation is 1. The summed E-state index contributed by atoms with van der Waals surface area (Å²) in [6.07, 6.45) is 4.74. The molecule has 2 heterocycles. The predicted octanol–water partition coefficient (Wildman–Crippen LogP) is 0.523. The van der Waals surface area contributed by atoms with E-state index in [-0.39, 0.29) is 11.5 Å². The minimum absolute atomic E-state index is 0.0410. The highest BCUT2D eigenvalue weighted by Crippen LogP contribution is 2.17. The highest BCUT2D eigenvalue weighted by molar-refractivity contribution is 7.93. The Morgan fingerprint density at radius 3 is 3.00 bits per heavy atom. The van der Waals surface area contributed by atoms with Gasteiger partial charge in [-0.2, -0.15) is 5.10 Å². The van der Waals surface area contributed by atoms with Gasteiger partial charge >= 0.3 is 0 Å². The van der Waals surface area contributed by atoms with Gasteiger partial charge < -0.3 is 5.11 Å². The maximum atomic E-state index is 11.9. The molecule has 18 heavy (non-hydrogen) atoms. The van der Waals surface area contributed by atoms with Crippen molar-refractivity contribution in [3.8, 4) is 0 Å². The Hall–Kier alpha value is -1.45. The monoisotopic (exact) mass is 288 g/mol. The van der Waals surface area contributed by atoms with Gasteiger partial charge in [-0.1, -0.05) is 0 Å². The normalized spacial score (nSPS) is 11.6. The summed E-state index contributed by atoms with van der Waals surface area (Å²) in [6, 6.07) is 0. The van der Waals surface area contributed by atoms with Crippen LogP contribution in [0.3, 0.4) is 0 Å². The molecule has 0 saturated heterocycles. The van der Waals surface area contributed by atoms with Crippen molar-refractivity contribution in [2.75, 3.05) is 11.3 Å². The zero-order chi connectivity index (χ0) is 13.0. The average Bonchev–Trinajstić information content (AvgIpc) is 2.96. The molecule has 0 radical (unpaired) electrons. The SMILES string of the molecule is O=S(=O)(Nc1nccs1)c1cnn(CCCO)c1. The van der Waals surface area contributed by atoms with Gasteiger partial charge in [0.15, 0.2) is 5.13 Å². The number of nitrogens with one attached hydrogen (secondary N) is 1. The van der Waals surface area contributed by atoms with Gasteiger partial charge in [0.2, 0.25) is 0 Å². The Labute approximate surface area is 108 Å². The molecule has 2 rings (SSSR count). The molecule has 0 bridgehead atoms. The smallest absolute Gasteiger partial charge is 0.266 e. The lowest BCUT2D eigenvalue weighted by molar-refractivity contribution is 0.277. The first-order chi connectivity index (χ1) is 8.62. The van der Waals surface area contributed by atoms with Gasteiger partial charge in [0.05, 0.1) is 6.20 Å². The van der Waals surface area contributed by atoms with Crippen molar-refractivity contribution >= 4 is 26.5 Å². The molecular formula is C9H12N4O3S2. The molecule has 0 spiro atoms. The molecule has 0 aromatic carbocycles. The molecule has 7 nitrogen and oxygen atoms in total. The minimum Gasteiger partial charge on any atom is -0.396 e. The van der Waals surface area contributed by atoms with Gasteiger partial charge in [-0.15, -0.1) is 11.3 Å². The van der Waals surface area contributed by atoms with E-state index in [1.54, 1.807) is 5.38 Å². The largest absolute Gasteiger partial charge is 0.396 e. The lowest BCUT2D eigenvalue weighted by Gasteiger charge is -2.01. The van der Waals surface area contributed by atoms with E-state index in [9.17, 15) is 8.42 Å². The maximum absolute atomic E-state index is 11.9. The third kappa shape index (κ3) is 3.06. The van der Waals surface area contributed by atoms with Crippen LogP contribution >= 0.6 is 11.3 Å². The standard InChI is InChI=1S/C9H12N4O3S2/c14-4-1-3-13-7-8(6-11-13)18(15,16)12-9-10-2-5-17-9/h2,5-7,14H,1,3-4H2,(H,10,12). The third-order valence-electron chi connectivity index (χ3n) is 2.12. The second-order valence-electron chi connectivity index (χ2n) is 3.46. The van der Waals surface area contributed by atoms with E-state index in [1.807, 2.05) is 0 Å². The summed E-state index contributed by atoms with van der Waals surface area (Å²) in [5.74, 6) is 0. The molecule has 0 aliphatic heterocycles. The molecule has 0 aliphatic rings. The fourth-order valence-corrected chi connectivity index (χ4v) is 3.03. The highest BCUT2D eigenvalue weighted by atomic mass is 32.2. The molecule has 0 atom stereocenters. The van der Waals surface area contributed by atoms with Gasteiger partial charge in [-0.25, -0.2) is 13.4 Å². The minimum atomic E-state index is -3.64. The van der Waals surface area contributed by atoms with Crippen LogP contribution in [0.25, 0.3) is 0 Å². The van der Waals surface area contributed by atoms with E-state index >= 15 is 0 Å². The van der Waals surface area contributed by atoms with Crippen LogP contribution in [0, 0.1) is 0 Å². The van der Waals surface area contributed by atoms with Crippen LogP contribution in [0.15, 0.2) is 28.9 Å². The molecule has 0 saturated carbocycles. The quantitative estimate of drug-likeness (QED) is 0.808. The van der Waals surface area contributed by atoms with Crippen LogP contribution in [-0.4, -0.2) is 34.9 Å². The van der Waals surface area contributed by atoms with Crippen molar-refractivity contribution in [1.82, 2.24) is 14.8 Å². The molecule has 98 valence electrons. The van der Waals surface area contributed by atoms with E-state index < -0.39 is 10.0 Å². The van der Waals surface area contributed by atoms with Crippen molar-refractivity contribution in [3.63, 3.8) is 0 Å². The van der Waals surface area contributed by atoms with Crippen LogP contribution in [0.5, 0.6) is 0 Å². The Balaban J connectivity index is 2.12. The summed E-state index contributed by atoms with van der Waals surface area (Å²) in [5.41, 5.74) is 0. The number of rotatable bonds is 6. The number of anilines is 1. The Bertz CT molecular complexity index is 591. The first kappa shape index (κ1) is 13.0. The summed E-state index contributed by atoms with van der Waals surface area (Å²) in [7, 11) is -3.64. The molecular weight excluding hydrogens is 276 g/mol. The van der Waals surface area contributed by atoms with Crippen molar-refractivity contribution in [2.24, 2.45) is 0 Å². The van der Waals surface area contributed by atoms with Crippen molar-refractivity contribution in [1.29, 1.82) is 0 Å².